The van der Waals surface area contributed by atoms with E-state index in [9.17, 15) is 9.59 Å². The maximum atomic E-state index is 11.7. The Balaban J connectivity index is 1.97. The van der Waals surface area contributed by atoms with Gasteiger partial charge in [-0.2, -0.15) is 0 Å². The minimum atomic E-state index is -0.538. The Kier molecular flexibility index (Phi) is 5.11. The van der Waals surface area contributed by atoms with Crippen LogP contribution in [0.3, 0.4) is 0 Å². The van der Waals surface area contributed by atoms with Crippen LogP contribution >= 0.6 is 11.3 Å². The number of ether oxygens (including phenoxy) is 2. The molecule has 0 saturated heterocycles. The molecule has 0 aliphatic rings. The molecule has 1 aromatic heterocycles. The van der Waals surface area contributed by atoms with Gasteiger partial charge in [0.05, 0.1) is 17.3 Å². The Morgan fingerprint density at radius 3 is 2.82 bits per heavy atom. The zero-order valence-corrected chi connectivity index (χ0v) is 13.3. The molecule has 22 heavy (non-hydrogen) atoms. The summed E-state index contributed by atoms with van der Waals surface area (Å²) in [6.45, 7) is 3.20. The summed E-state index contributed by atoms with van der Waals surface area (Å²) in [5, 5.41) is 3.06. The first-order chi connectivity index (χ1) is 10.5. The van der Waals surface area contributed by atoms with Gasteiger partial charge < -0.3 is 9.47 Å². The van der Waals surface area contributed by atoms with E-state index in [1.54, 1.807) is 27.0 Å². The van der Waals surface area contributed by atoms with Crippen molar-refractivity contribution in [2.24, 2.45) is 0 Å². The summed E-state index contributed by atoms with van der Waals surface area (Å²) in [5.41, 5.74) is 1.58. The zero-order valence-electron chi connectivity index (χ0n) is 12.5. The van der Waals surface area contributed by atoms with Crippen LogP contribution in [-0.4, -0.2) is 30.6 Å². The third-order valence-corrected chi connectivity index (χ3v) is 3.53. The number of rotatable bonds is 5. The molecular formula is C15H16N2O4S. The fraction of sp³-hybridized carbons (Fsp3) is 0.267. The van der Waals surface area contributed by atoms with Gasteiger partial charge in [0, 0.05) is 6.08 Å². The van der Waals surface area contributed by atoms with Crippen LogP contribution in [0.15, 0.2) is 29.8 Å². The van der Waals surface area contributed by atoms with Gasteiger partial charge in [-0.3, -0.25) is 10.1 Å². The number of amides is 1. The van der Waals surface area contributed by atoms with Crippen molar-refractivity contribution >= 4 is 38.6 Å². The Morgan fingerprint density at radius 2 is 2.14 bits per heavy atom. The maximum absolute atomic E-state index is 11.7. The molecule has 0 aliphatic heterocycles. The summed E-state index contributed by atoms with van der Waals surface area (Å²) in [4.78, 5) is 27.3. The number of thiazole rings is 1. The van der Waals surface area contributed by atoms with E-state index in [0.29, 0.717) is 5.13 Å². The number of anilines is 1. The van der Waals surface area contributed by atoms with Gasteiger partial charge in [0.2, 0.25) is 0 Å². The molecule has 0 atom stereocenters. The van der Waals surface area contributed by atoms with Gasteiger partial charge in [-0.1, -0.05) is 16.9 Å². The van der Waals surface area contributed by atoms with Crippen molar-refractivity contribution in [3.05, 3.63) is 29.8 Å². The molecule has 1 aromatic carbocycles. The average Bonchev–Trinajstić information content (AvgIpc) is 2.85. The van der Waals surface area contributed by atoms with E-state index in [1.807, 2.05) is 12.1 Å². The topological polar surface area (TPSA) is 77.5 Å². The molecule has 116 valence electrons. The second-order valence-corrected chi connectivity index (χ2v) is 5.76. The minimum Gasteiger partial charge on any atom is -0.497 e. The van der Waals surface area contributed by atoms with Gasteiger partial charge in [-0.25, -0.2) is 9.78 Å². The number of fused-ring (bicyclic) bond motifs is 1. The molecule has 0 unspecified atom stereocenters. The predicted molar refractivity (Wildman–Crippen MR) is 85.2 cm³/mol. The Labute approximate surface area is 131 Å². The first kappa shape index (κ1) is 16.0. The quantitative estimate of drug-likeness (QED) is 0.677. The van der Waals surface area contributed by atoms with Crippen LogP contribution in [0.2, 0.25) is 0 Å². The number of benzene rings is 1. The van der Waals surface area contributed by atoms with Crippen LogP contribution in [0.5, 0.6) is 5.75 Å². The average molecular weight is 320 g/mol. The van der Waals surface area contributed by atoms with Crippen LogP contribution in [0.4, 0.5) is 5.13 Å². The van der Waals surface area contributed by atoms with Crippen LogP contribution in [0.25, 0.3) is 10.2 Å². The van der Waals surface area contributed by atoms with Crippen molar-refractivity contribution < 1.29 is 19.1 Å². The molecule has 0 spiro atoms. The predicted octanol–water partition coefficient (Wildman–Crippen LogP) is 2.75. The van der Waals surface area contributed by atoms with Crippen molar-refractivity contribution in [2.75, 3.05) is 19.0 Å². The lowest BCUT2D eigenvalue weighted by Gasteiger charge is -2.02. The number of aromatic nitrogens is 1. The number of methoxy groups -OCH3 is 1. The summed E-state index contributed by atoms with van der Waals surface area (Å²) >= 11 is 1.32. The number of nitrogens with one attached hydrogen (secondary N) is 1. The Hall–Kier alpha value is -2.41. The smallest absolute Gasteiger partial charge is 0.331 e. The number of esters is 1. The fourth-order valence-corrected chi connectivity index (χ4v) is 2.57. The van der Waals surface area contributed by atoms with Crippen molar-refractivity contribution in [1.29, 1.82) is 0 Å². The highest BCUT2D eigenvalue weighted by atomic mass is 32.1. The zero-order chi connectivity index (χ0) is 16.1. The number of nitrogens with zero attached hydrogens (tertiary/aromatic N) is 1. The fourth-order valence-electron chi connectivity index (χ4n) is 1.65. The highest BCUT2D eigenvalue weighted by Crippen LogP contribution is 2.28. The lowest BCUT2D eigenvalue weighted by Crippen LogP contribution is -2.20. The van der Waals surface area contributed by atoms with E-state index in [4.69, 9.17) is 9.47 Å². The second-order valence-electron chi connectivity index (χ2n) is 4.73. The van der Waals surface area contributed by atoms with Gasteiger partial charge in [0.25, 0.3) is 5.91 Å². The summed E-state index contributed by atoms with van der Waals surface area (Å²) in [5.74, 6) is -0.240. The number of carbonyl (C=O) groups is 2. The van der Waals surface area contributed by atoms with E-state index in [-0.39, 0.29) is 6.61 Å². The Bertz CT molecular complexity index is 732. The molecule has 1 N–H and O–H groups in total. The standard InChI is InChI=1S/C15H16N2O4S/c1-9(2)6-14(19)21-8-13(18)17-15-16-11-5-4-10(20-3)7-12(11)22-15/h4-7H,8H2,1-3H3,(H,16,17,18). The van der Waals surface area contributed by atoms with Gasteiger partial charge in [-0.05, 0) is 32.0 Å². The molecule has 0 saturated carbocycles. The highest BCUT2D eigenvalue weighted by Gasteiger charge is 2.10. The van der Waals surface area contributed by atoms with E-state index in [2.05, 4.69) is 10.3 Å². The van der Waals surface area contributed by atoms with Crippen molar-refractivity contribution in [1.82, 2.24) is 4.98 Å². The third-order valence-electron chi connectivity index (χ3n) is 2.59. The van der Waals surface area contributed by atoms with Crippen LogP contribution < -0.4 is 10.1 Å². The largest absolute Gasteiger partial charge is 0.497 e. The number of carbonyl (C=O) groups excluding carboxylic acids is 2. The molecule has 1 amide bonds. The maximum Gasteiger partial charge on any atom is 0.331 e. The van der Waals surface area contributed by atoms with Gasteiger partial charge >= 0.3 is 5.97 Å². The molecular weight excluding hydrogens is 304 g/mol. The van der Waals surface area contributed by atoms with Crippen LogP contribution in [-0.2, 0) is 14.3 Å². The molecule has 0 bridgehead atoms. The third kappa shape index (κ3) is 4.29. The summed E-state index contributed by atoms with van der Waals surface area (Å²) in [6.07, 6.45) is 1.33. The minimum absolute atomic E-state index is 0.345. The van der Waals surface area contributed by atoms with Crippen molar-refractivity contribution in [3.63, 3.8) is 0 Å². The molecule has 2 aromatic rings. The lowest BCUT2D eigenvalue weighted by molar-refractivity contribution is -0.142. The van der Waals surface area contributed by atoms with Crippen LogP contribution in [0, 0.1) is 0 Å². The SMILES string of the molecule is COc1ccc2nc(NC(=O)COC(=O)C=C(C)C)sc2c1. The van der Waals surface area contributed by atoms with Crippen molar-refractivity contribution in [3.8, 4) is 5.75 Å². The number of hydrogen-bond acceptors (Lipinski definition) is 6. The molecule has 6 nitrogen and oxygen atoms in total. The monoisotopic (exact) mass is 320 g/mol. The first-order valence-electron chi connectivity index (χ1n) is 6.54. The summed E-state index contributed by atoms with van der Waals surface area (Å²) in [6, 6.07) is 5.46. The molecule has 1 heterocycles. The van der Waals surface area contributed by atoms with E-state index in [0.717, 1.165) is 21.5 Å². The van der Waals surface area contributed by atoms with E-state index >= 15 is 0 Å². The highest BCUT2D eigenvalue weighted by molar-refractivity contribution is 7.22. The molecule has 0 aliphatic carbocycles. The lowest BCUT2D eigenvalue weighted by atomic mass is 10.3. The second kappa shape index (κ2) is 7.04. The van der Waals surface area contributed by atoms with E-state index < -0.39 is 11.9 Å². The number of allylic oxidation sites excluding steroid dienone is 1. The van der Waals surface area contributed by atoms with Crippen LogP contribution in [0.1, 0.15) is 13.8 Å². The Morgan fingerprint density at radius 1 is 1.36 bits per heavy atom. The number of hydrogen-bond donors (Lipinski definition) is 1. The first-order valence-corrected chi connectivity index (χ1v) is 7.35. The van der Waals surface area contributed by atoms with Gasteiger partial charge in [0.15, 0.2) is 11.7 Å². The van der Waals surface area contributed by atoms with Crippen molar-refractivity contribution in [2.45, 2.75) is 13.8 Å². The normalized spacial score (nSPS) is 10.1. The molecule has 0 fully saturated rings. The van der Waals surface area contributed by atoms with E-state index in [1.165, 1.54) is 17.4 Å². The summed E-state index contributed by atoms with van der Waals surface area (Å²) < 4.78 is 10.9. The molecule has 2 rings (SSSR count). The molecule has 7 heteroatoms. The molecule has 0 radical (unpaired) electrons. The van der Waals surface area contributed by atoms with Gasteiger partial charge in [-0.15, -0.1) is 0 Å². The van der Waals surface area contributed by atoms with Gasteiger partial charge in [0.1, 0.15) is 5.75 Å². The summed E-state index contributed by atoms with van der Waals surface area (Å²) in [7, 11) is 1.59.